The van der Waals surface area contributed by atoms with E-state index in [1.807, 2.05) is 63.8 Å². The Kier molecular flexibility index (Phi) is 10.5. The average Bonchev–Trinajstić information content (AvgIpc) is 3.47. The second kappa shape index (κ2) is 13.1. The molecule has 0 amide bonds. The van der Waals surface area contributed by atoms with Crippen molar-refractivity contribution < 1.29 is 9.13 Å². The fourth-order valence-corrected chi connectivity index (χ4v) is 6.58. The van der Waals surface area contributed by atoms with Gasteiger partial charge < -0.3 is 10.1 Å². The van der Waals surface area contributed by atoms with E-state index in [-0.39, 0.29) is 5.82 Å². The van der Waals surface area contributed by atoms with Crippen LogP contribution in [-0.2, 0) is 7.05 Å². The summed E-state index contributed by atoms with van der Waals surface area (Å²) in [6.45, 7) is 7.97. The van der Waals surface area contributed by atoms with Crippen molar-refractivity contribution in [2.75, 3.05) is 18.7 Å². The van der Waals surface area contributed by atoms with Crippen LogP contribution in [0.1, 0.15) is 25.1 Å². The minimum Gasteiger partial charge on any atom is -0.492 e. The van der Waals surface area contributed by atoms with E-state index in [0.29, 0.717) is 33.7 Å². The Bertz CT molecular complexity index is 1350. The summed E-state index contributed by atoms with van der Waals surface area (Å²) < 4.78 is 24.3. The smallest absolute Gasteiger partial charge is 0.176 e. The fourth-order valence-electron chi connectivity index (χ4n) is 3.45. The molecule has 4 rings (SSSR count). The number of rotatable bonds is 8. The Labute approximate surface area is 234 Å². The SMILES string of the molecule is CC.COc1c(Nc2cc(C)n(PI)n2)nc(Sc2ccc(SC)cc2F)c(C)c1-c1cnn(C)c1. The lowest BCUT2D eigenvalue weighted by Crippen LogP contribution is -2.04. The van der Waals surface area contributed by atoms with E-state index in [1.165, 1.54) is 23.5 Å². The minimum atomic E-state index is -0.274. The Morgan fingerprint density at radius 2 is 1.94 bits per heavy atom. The number of nitrogens with zero attached hydrogens (tertiary/aromatic N) is 5. The first-order chi connectivity index (χ1) is 17.3. The molecule has 3 aromatic heterocycles. The minimum absolute atomic E-state index is 0.274. The molecule has 0 saturated carbocycles. The van der Waals surface area contributed by atoms with Crippen LogP contribution in [0.25, 0.3) is 11.1 Å². The van der Waals surface area contributed by atoms with Gasteiger partial charge in [-0.2, -0.15) is 10.2 Å². The standard InChI is InChI=1S/C22H23FIN6OPS2.C2H6/c1-12-8-18(28-30(12)32-24)26-21-20(31-4)19(14-10-25-29(3)11-14)13(2)22(27-21)34-17-7-6-15(33-5)9-16(17)23;1-2/h6-11,32H,1-5H3,(H,26,27,28);1-2H3. The number of pyridine rings is 1. The maximum Gasteiger partial charge on any atom is 0.176 e. The summed E-state index contributed by atoms with van der Waals surface area (Å²) in [6, 6.07) is 7.22. The van der Waals surface area contributed by atoms with Crippen LogP contribution < -0.4 is 10.1 Å². The van der Waals surface area contributed by atoms with Gasteiger partial charge in [-0.25, -0.2) is 13.8 Å². The van der Waals surface area contributed by atoms with E-state index in [9.17, 15) is 4.39 Å². The highest BCUT2D eigenvalue weighted by Gasteiger charge is 2.23. The highest BCUT2D eigenvalue weighted by atomic mass is 127. The first kappa shape index (κ1) is 28.7. The van der Waals surface area contributed by atoms with Crippen LogP contribution >= 0.6 is 51.9 Å². The summed E-state index contributed by atoms with van der Waals surface area (Å²) >= 11 is 5.09. The highest BCUT2D eigenvalue weighted by Crippen LogP contribution is 2.44. The molecule has 0 spiro atoms. The first-order valence-electron chi connectivity index (χ1n) is 11.1. The molecule has 1 N–H and O–H groups in total. The van der Waals surface area contributed by atoms with Gasteiger partial charge in [-0.05, 0) is 65.9 Å². The van der Waals surface area contributed by atoms with E-state index in [1.54, 1.807) is 30.1 Å². The number of aryl methyl sites for hydroxylation is 2. The molecule has 0 radical (unpaired) electrons. The van der Waals surface area contributed by atoms with Crippen molar-refractivity contribution >= 4 is 63.6 Å². The summed E-state index contributed by atoms with van der Waals surface area (Å²) in [7, 11) is 3.48. The van der Waals surface area contributed by atoms with Crippen molar-refractivity contribution in [1.29, 1.82) is 0 Å². The number of hydrogen-bond acceptors (Lipinski definition) is 7. The molecule has 7 nitrogen and oxygen atoms in total. The summed E-state index contributed by atoms with van der Waals surface area (Å²) in [4.78, 5) is 6.24. The summed E-state index contributed by atoms with van der Waals surface area (Å²) in [5, 5.41) is 12.9. The van der Waals surface area contributed by atoms with Gasteiger partial charge in [-0.1, -0.05) is 25.6 Å². The summed E-state index contributed by atoms with van der Waals surface area (Å²) in [5.74, 6) is 1.48. The van der Waals surface area contributed by atoms with Gasteiger partial charge in [-0.15, -0.1) is 11.8 Å². The van der Waals surface area contributed by atoms with Crippen molar-refractivity contribution in [2.24, 2.45) is 7.05 Å². The molecule has 1 unspecified atom stereocenters. The Balaban J connectivity index is 0.00000176. The molecule has 0 fully saturated rings. The molecule has 1 atom stereocenters. The van der Waals surface area contributed by atoms with Crippen molar-refractivity contribution in [3.8, 4) is 16.9 Å². The fraction of sp³-hybridized carbons (Fsp3) is 0.292. The molecule has 3 heterocycles. The molecule has 12 heteroatoms. The van der Waals surface area contributed by atoms with Crippen molar-refractivity contribution in [3.05, 3.63) is 53.7 Å². The zero-order valence-corrected chi connectivity index (χ0v) is 26.0. The first-order valence-corrected chi connectivity index (χ1v) is 17.2. The second-order valence-corrected chi connectivity index (χ2v) is 11.3. The molecule has 0 aliphatic rings. The van der Waals surface area contributed by atoms with Crippen LogP contribution in [0.4, 0.5) is 16.0 Å². The zero-order valence-electron chi connectivity index (χ0n) is 21.2. The van der Waals surface area contributed by atoms with Gasteiger partial charge in [0.2, 0.25) is 0 Å². The number of ether oxygens (including phenoxy) is 1. The second-order valence-electron chi connectivity index (χ2n) is 7.39. The van der Waals surface area contributed by atoms with Crippen LogP contribution in [-0.4, -0.2) is 37.7 Å². The molecule has 1 aromatic carbocycles. The van der Waals surface area contributed by atoms with Crippen LogP contribution in [0.15, 0.2) is 51.5 Å². The van der Waals surface area contributed by atoms with Crippen molar-refractivity contribution in [2.45, 2.75) is 42.5 Å². The average molecular weight is 659 g/mol. The van der Waals surface area contributed by atoms with Gasteiger partial charge in [0.25, 0.3) is 0 Å². The Morgan fingerprint density at radius 3 is 2.50 bits per heavy atom. The van der Waals surface area contributed by atoms with E-state index in [4.69, 9.17) is 9.72 Å². The van der Waals surface area contributed by atoms with Crippen LogP contribution in [0, 0.1) is 19.7 Å². The number of nitrogens with one attached hydrogen (secondary N) is 1. The molecule has 0 aliphatic carbocycles. The molecule has 4 aromatic rings. The summed E-state index contributed by atoms with van der Waals surface area (Å²) in [6.07, 6.45) is 6.12. The Morgan fingerprint density at radius 1 is 1.19 bits per heavy atom. The number of benzene rings is 1. The zero-order chi connectivity index (χ0) is 26.4. The molecular weight excluding hydrogens is 629 g/mol. The van der Waals surface area contributed by atoms with E-state index >= 15 is 0 Å². The third-order valence-electron chi connectivity index (χ3n) is 5.11. The van der Waals surface area contributed by atoms with E-state index < -0.39 is 0 Å². The number of halogens is 2. The third kappa shape index (κ3) is 6.35. The largest absolute Gasteiger partial charge is 0.492 e. The number of methoxy groups -OCH3 is 1. The highest BCUT2D eigenvalue weighted by molar-refractivity contribution is 14.2. The van der Waals surface area contributed by atoms with Gasteiger partial charge >= 0.3 is 0 Å². The lowest BCUT2D eigenvalue weighted by Gasteiger charge is -2.18. The maximum absolute atomic E-state index is 14.8. The normalized spacial score (nSPS) is 11.0. The molecule has 0 aliphatic heterocycles. The molecular formula is C24H29FIN6OPS2. The van der Waals surface area contributed by atoms with E-state index in [0.717, 1.165) is 27.3 Å². The molecule has 192 valence electrons. The third-order valence-corrected chi connectivity index (χ3v) is 8.96. The molecule has 0 bridgehead atoms. The number of anilines is 2. The summed E-state index contributed by atoms with van der Waals surface area (Å²) in [5.41, 5.74) is 3.66. The van der Waals surface area contributed by atoms with Crippen molar-refractivity contribution in [1.82, 2.24) is 24.3 Å². The predicted octanol–water partition coefficient (Wildman–Crippen LogP) is 7.88. The van der Waals surface area contributed by atoms with Crippen molar-refractivity contribution in [3.63, 3.8) is 0 Å². The predicted molar refractivity (Wildman–Crippen MR) is 159 cm³/mol. The Hall–Kier alpha value is -1.82. The quantitative estimate of drug-likeness (QED) is 0.117. The van der Waals surface area contributed by atoms with Crippen LogP contribution in [0.5, 0.6) is 5.75 Å². The lowest BCUT2D eigenvalue weighted by atomic mass is 10.0. The topological polar surface area (TPSA) is 69.8 Å². The number of hydrogen-bond donors (Lipinski definition) is 1. The van der Waals surface area contributed by atoms with Gasteiger partial charge in [0.1, 0.15) is 10.8 Å². The molecule has 0 saturated heterocycles. The van der Waals surface area contributed by atoms with Crippen LogP contribution in [0.3, 0.4) is 0 Å². The maximum atomic E-state index is 14.8. The molecule has 36 heavy (non-hydrogen) atoms. The monoisotopic (exact) mass is 658 g/mol. The van der Waals surface area contributed by atoms with Gasteiger partial charge in [0, 0.05) is 45.9 Å². The lowest BCUT2D eigenvalue weighted by molar-refractivity contribution is 0.416. The number of thioether (sulfide) groups is 1. The van der Waals surface area contributed by atoms with Gasteiger partial charge in [-0.3, -0.25) is 4.68 Å². The van der Waals surface area contributed by atoms with E-state index in [2.05, 4.69) is 37.6 Å². The number of aromatic nitrogens is 5. The van der Waals surface area contributed by atoms with Gasteiger partial charge in [0.15, 0.2) is 17.4 Å². The van der Waals surface area contributed by atoms with Crippen LogP contribution in [0.2, 0.25) is 0 Å². The van der Waals surface area contributed by atoms with Gasteiger partial charge in [0.05, 0.1) is 19.7 Å².